The Morgan fingerprint density at radius 2 is 1.86 bits per heavy atom. The third kappa shape index (κ3) is 7.21. The number of rotatable bonds is 11. The van der Waals surface area contributed by atoms with E-state index < -0.39 is 29.3 Å². The smallest absolute Gasteiger partial charge is 0.351 e. The van der Waals surface area contributed by atoms with Crippen molar-refractivity contribution in [3.63, 3.8) is 0 Å². The summed E-state index contributed by atoms with van der Waals surface area (Å²) in [7, 11) is 0. The third-order valence-electron chi connectivity index (χ3n) is 6.51. The first-order valence-electron chi connectivity index (χ1n) is 13.3. The molecule has 224 valence electrons. The van der Waals surface area contributed by atoms with Gasteiger partial charge in [0, 0.05) is 31.7 Å². The number of hydrogen-bond donors (Lipinski definition) is 2. The molecular formula is C25H29N7O9S. The molecule has 0 aromatic carbocycles. The first-order chi connectivity index (χ1) is 20.3. The van der Waals surface area contributed by atoms with Gasteiger partial charge in [0.25, 0.3) is 5.56 Å². The summed E-state index contributed by atoms with van der Waals surface area (Å²) < 4.78 is 25.3. The van der Waals surface area contributed by atoms with Crippen LogP contribution >= 0.6 is 11.8 Å². The van der Waals surface area contributed by atoms with Crippen LogP contribution in [0.1, 0.15) is 51.5 Å². The lowest BCUT2D eigenvalue weighted by molar-refractivity contribution is -0.149. The van der Waals surface area contributed by atoms with Gasteiger partial charge in [-0.1, -0.05) is 0 Å². The number of ether oxygens (including phenoxy) is 4. The molecule has 16 nitrogen and oxygen atoms in total. The van der Waals surface area contributed by atoms with Gasteiger partial charge in [0.15, 0.2) is 11.2 Å². The predicted octanol–water partition coefficient (Wildman–Crippen LogP) is 0.857. The Morgan fingerprint density at radius 1 is 1.07 bits per heavy atom. The standard InChI is InChI=1S/C25H29N7O9S/c1-14(33)29-16-7-8-31(25(37)30-16)18-11-42-21(41-18)10-39-20(35)4-2-3-19(34)38-9-15-5-6-17(40-15)32-13-28-22-23(32)26-12-27-24(22)36/h7-8,12-13,15,17-18,21H,2-6,9-11H2,1H3,(H,26,27,36)(H,29,30,33,37)/t15-,17+,18-,21+/m0/s1. The molecule has 3 aromatic rings. The van der Waals surface area contributed by atoms with Crippen LogP contribution in [-0.2, 0) is 33.3 Å². The number of nitrogens with one attached hydrogen (secondary N) is 2. The summed E-state index contributed by atoms with van der Waals surface area (Å²) in [5, 5.41) is 2.45. The molecule has 0 saturated carbocycles. The maximum Gasteiger partial charge on any atom is 0.351 e. The summed E-state index contributed by atoms with van der Waals surface area (Å²) in [5.74, 6) is -0.649. The Balaban J connectivity index is 0.962. The van der Waals surface area contributed by atoms with Crippen molar-refractivity contribution in [1.29, 1.82) is 0 Å². The Labute approximate surface area is 242 Å². The van der Waals surface area contributed by atoms with Crippen molar-refractivity contribution in [1.82, 2.24) is 29.1 Å². The number of carbonyl (C=O) groups is 3. The molecule has 0 bridgehead atoms. The number of hydrogen-bond acceptors (Lipinski definition) is 13. The number of imidazole rings is 1. The van der Waals surface area contributed by atoms with Crippen LogP contribution in [0.2, 0.25) is 0 Å². The second-order valence-electron chi connectivity index (χ2n) is 9.60. The molecule has 2 aliphatic rings. The summed E-state index contributed by atoms with van der Waals surface area (Å²) in [5.41, 5.74) is -0.706. The molecule has 42 heavy (non-hydrogen) atoms. The maximum atomic E-state index is 12.3. The number of esters is 2. The number of H-pyrrole nitrogens is 1. The van der Waals surface area contributed by atoms with E-state index in [9.17, 15) is 24.0 Å². The summed E-state index contributed by atoms with van der Waals surface area (Å²) in [6.45, 7) is 1.39. The van der Waals surface area contributed by atoms with Crippen molar-refractivity contribution in [2.24, 2.45) is 0 Å². The number of fused-ring (bicyclic) bond motifs is 1. The van der Waals surface area contributed by atoms with Crippen LogP contribution in [0.5, 0.6) is 0 Å². The average Bonchev–Trinajstić information content (AvgIpc) is 3.71. The van der Waals surface area contributed by atoms with Gasteiger partial charge in [-0.25, -0.2) is 14.8 Å². The van der Waals surface area contributed by atoms with Crippen LogP contribution in [0.3, 0.4) is 0 Å². The van der Waals surface area contributed by atoms with Gasteiger partial charge in [0.1, 0.15) is 36.9 Å². The topological polar surface area (TPSA) is 199 Å². The van der Waals surface area contributed by atoms with E-state index in [-0.39, 0.29) is 67.6 Å². The molecule has 3 aromatic heterocycles. The molecular weight excluding hydrogens is 574 g/mol. The zero-order valence-corrected chi connectivity index (χ0v) is 23.4. The fraction of sp³-hybridized carbons (Fsp3) is 0.520. The summed E-state index contributed by atoms with van der Waals surface area (Å²) in [6, 6.07) is 1.50. The van der Waals surface area contributed by atoms with Gasteiger partial charge in [0.05, 0.1) is 18.8 Å². The van der Waals surface area contributed by atoms with Gasteiger partial charge in [0.2, 0.25) is 5.91 Å². The van der Waals surface area contributed by atoms with E-state index >= 15 is 0 Å². The highest BCUT2D eigenvalue weighted by atomic mass is 32.2. The van der Waals surface area contributed by atoms with Crippen LogP contribution in [0, 0.1) is 0 Å². The number of amides is 1. The Bertz CT molecular complexity index is 1570. The summed E-state index contributed by atoms with van der Waals surface area (Å²) >= 11 is 1.39. The van der Waals surface area contributed by atoms with Crippen molar-refractivity contribution in [3.05, 3.63) is 45.8 Å². The molecule has 0 spiro atoms. The number of aromatic nitrogens is 6. The quantitative estimate of drug-likeness (QED) is 0.293. The Hall–Kier alpha value is -4.09. The van der Waals surface area contributed by atoms with Gasteiger partial charge in [-0.3, -0.25) is 28.3 Å². The lowest BCUT2D eigenvalue weighted by Gasteiger charge is -2.15. The molecule has 5 rings (SSSR count). The van der Waals surface area contributed by atoms with E-state index in [0.29, 0.717) is 24.2 Å². The molecule has 0 aliphatic carbocycles. The van der Waals surface area contributed by atoms with Gasteiger partial charge >= 0.3 is 17.6 Å². The van der Waals surface area contributed by atoms with Gasteiger partial charge in [-0.05, 0) is 25.3 Å². The first kappa shape index (κ1) is 29.4. The first-order valence-corrected chi connectivity index (χ1v) is 14.3. The summed E-state index contributed by atoms with van der Waals surface area (Å²) in [6.07, 6.45) is 4.69. The molecule has 2 fully saturated rings. The molecule has 4 atom stereocenters. The highest BCUT2D eigenvalue weighted by molar-refractivity contribution is 8.00. The monoisotopic (exact) mass is 603 g/mol. The minimum Gasteiger partial charge on any atom is -0.463 e. The SMILES string of the molecule is CC(=O)Nc1ccn([C@@H]2CS[C@H](COC(=O)CCCC(=O)OC[C@@H]3CC[C@H](n4cnc5c(=O)[nH]cnc54)O3)O2)c(=O)n1. The van der Waals surface area contributed by atoms with E-state index in [2.05, 4.69) is 25.3 Å². The molecule has 2 aliphatic heterocycles. The zero-order chi connectivity index (χ0) is 29.6. The Kier molecular flexibility index (Phi) is 9.28. The normalized spacial score (nSPS) is 21.8. The van der Waals surface area contributed by atoms with E-state index in [1.54, 1.807) is 4.57 Å². The van der Waals surface area contributed by atoms with E-state index in [4.69, 9.17) is 18.9 Å². The van der Waals surface area contributed by atoms with Crippen molar-refractivity contribution < 1.29 is 33.3 Å². The van der Waals surface area contributed by atoms with Gasteiger partial charge < -0.3 is 29.2 Å². The zero-order valence-electron chi connectivity index (χ0n) is 22.6. The van der Waals surface area contributed by atoms with Crippen LogP contribution in [-0.4, -0.2) is 77.4 Å². The van der Waals surface area contributed by atoms with Crippen LogP contribution in [0.15, 0.2) is 34.5 Å². The van der Waals surface area contributed by atoms with Crippen molar-refractivity contribution in [3.8, 4) is 0 Å². The third-order valence-corrected chi connectivity index (χ3v) is 7.61. The fourth-order valence-corrected chi connectivity index (χ4v) is 5.50. The molecule has 5 heterocycles. The van der Waals surface area contributed by atoms with Crippen molar-refractivity contribution in [2.75, 3.05) is 24.3 Å². The van der Waals surface area contributed by atoms with E-state index in [0.717, 1.165) is 0 Å². The predicted molar refractivity (Wildman–Crippen MR) is 146 cm³/mol. The minimum atomic E-state index is -0.584. The lowest BCUT2D eigenvalue weighted by Crippen LogP contribution is -2.29. The van der Waals surface area contributed by atoms with Crippen LogP contribution in [0.4, 0.5) is 5.82 Å². The second kappa shape index (κ2) is 13.3. The second-order valence-corrected chi connectivity index (χ2v) is 10.8. The van der Waals surface area contributed by atoms with Gasteiger partial charge in [-0.2, -0.15) is 4.98 Å². The number of aromatic amines is 1. The largest absolute Gasteiger partial charge is 0.463 e. The number of anilines is 1. The van der Waals surface area contributed by atoms with Crippen LogP contribution in [0.25, 0.3) is 11.2 Å². The van der Waals surface area contributed by atoms with E-state index in [1.165, 1.54) is 48.2 Å². The van der Waals surface area contributed by atoms with E-state index in [1.807, 2.05) is 0 Å². The van der Waals surface area contributed by atoms with Crippen molar-refractivity contribution >= 4 is 46.6 Å². The molecule has 2 N–H and O–H groups in total. The van der Waals surface area contributed by atoms with Crippen molar-refractivity contribution in [2.45, 2.75) is 63.0 Å². The van der Waals surface area contributed by atoms with Gasteiger partial charge in [-0.15, -0.1) is 11.8 Å². The molecule has 1 amide bonds. The van der Waals surface area contributed by atoms with Crippen LogP contribution < -0.4 is 16.6 Å². The number of thioether (sulfide) groups is 1. The fourth-order valence-electron chi connectivity index (χ4n) is 4.51. The Morgan fingerprint density at radius 3 is 2.62 bits per heavy atom. The maximum absolute atomic E-state index is 12.3. The number of carbonyl (C=O) groups excluding carboxylic acids is 3. The highest BCUT2D eigenvalue weighted by Gasteiger charge is 2.30. The highest BCUT2D eigenvalue weighted by Crippen LogP contribution is 2.31. The number of nitrogens with zero attached hydrogens (tertiary/aromatic N) is 5. The average molecular weight is 604 g/mol. The minimum absolute atomic E-state index is 0.00705. The molecule has 2 saturated heterocycles. The molecule has 17 heteroatoms. The lowest BCUT2D eigenvalue weighted by atomic mass is 10.2. The summed E-state index contributed by atoms with van der Waals surface area (Å²) in [4.78, 5) is 74.1. The molecule has 0 unspecified atom stereocenters. The molecule has 0 radical (unpaired) electrons.